The molecule has 6 atom stereocenters. The van der Waals surface area contributed by atoms with Crippen LogP contribution in [-0.2, 0) is 65.4 Å². The number of phosphoric ester groups is 2. The van der Waals surface area contributed by atoms with E-state index >= 15 is 0 Å². The Labute approximate surface area is 543 Å². The third-order valence-corrected chi connectivity index (χ3v) is 18.5. The zero-order chi connectivity index (χ0) is 65.6. The van der Waals surface area contributed by atoms with Gasteiger partial charge in [-0.15, -0.1) is 0 Å². The van der Waals surface area contributed by atoms with Crippen molar-refractivity contribution in [2.75, 3.05) is 39.6 Å². The van der Waals surface area contributed by atoms with Gasteiger partial charge >= 0.3 is 39.5 Å². The van der Waals surface area contributed by atoms with E-state index in [-0.39, 0.29) is 25.7 Å². The number of hydrogen-bond acceptors (Lipinski definition) is 15. The second-order valence-corrected chi connectivity index (χ2v) is 28.4. The fourth-order valence-corrected chi connectivity index (χ4v) is 12.2. The highest BCUT2D eigenvalue weighted by Crippen LogP contribution is 2.45. The summed E-state index contributed by atoms with van der Waals surface area (Å²) in [6, 6.07) is 0. The maximum Gasteiger partial charge on any atom is 0.472 e. The van der Waals surface area contributed by atoms with Crippen LogP contribution in [0, 0.1) is 5.92 Å². The summed E-state index contributed by atoms with van der Waals surface area (Å²) in [5.74, 6) is -1.29. The third kappa shape index (κ3) is 63.2. The van der Waals surface area contributed by atoms with Crippen LogP contribution in [0.15, 0.2) is 0 Å². The van der Waals surface area contributed by atoms with Crippen LogP contribution >= 0.6 is 15.6 Å². The summed E-state index contributed by atoms with van der Waals surface area (Å²) in [7, 11) is -9.89. The molecule has 0 aromatic rings. The van der Waals surface area contributed by atoms with Crippen LogP contribution in [0.1, 0.15) is 362 Å². The first kappa shape index (κ1) is 87.1. The van der Waals surface area contributed by atoms with Gasteiger partial charge in [0.05, 0.1) is 26.4 Å². The van der Waals surface area contributed by atoms with E-state index in [1.807, 2.05) is 0 Å². The average Bonchev–Trinajstić information content (AvgIpc) is 3.68. The first-order valence-corrected chi connectivity index (χ1v) is 39.7. The number of unbranched alkanes of at least 4 members (excludes halogenated alkanes) is 41. The molecule has 0 aliphatic carbocycles. The summed E-state index contributed by atoms with van der Waals surface area (Å²) in [4.78, 5) is 72.2. The monoisotopic (exact) mass is 1310 g/mol. The lowest BCUT2D eigenvalue weighted by Crippen LogP contribution is -2.30. The summed E-state index contributed by atoms with van der Waals surface area (Å²) >= 11 is 0. The topological polar surface area (TPSA) is 237 Å². The van der Waals surface area contributed by atoms with Crippen LogP contribution in [0.5, 0.6) is 0 Å². The second kappa shape index (κ2) is 63.5. The SMILES string of the molecule is CCCCCCCCCCCCCCCCCCCC(=O)OC[C@H](COP(=O)(O)OC[C@@H](O)COP(=O)(O)OC[C@@H](COC(=O)CCCCCCCCC)OC(=O)CCCCCCCCC)OC(=O)CCCCCCCCCCCCCCCCC(C)CC. The zero-order valence-electron chi connectivity index (χ0n) is 57.6. The number of rotatable bonds is 70. The maximum absolute atomic E-state index is 13.0. The van der Waals surface area contributed by atoms with Crippen LogP contribution in [0.25, 0.3) is 0 Å². The van der Waals surface area contributed by atoms with Gasteiger partial charge in [-0.05, 0) is 31.6 Å². The first-order chi connectivity index (χ1) is 43.1. The van der Waals surface area contributed by atoms with Crippen molar-refractivity contribution in [2.45, 2.75) is 380 Å². The molecular formula is C70H136O17P2. The molecule has 0 rings (SSSR count). The summed E-state index contributed by atoms with van der Waals surface area (Å²) < 4.78 is 68.0. The molecule has 0 radical (unpaired) electrons. The smallest absolute Gasteiger partial charge is 0.462 e. The lowest BCUT2D eigenvalue weighted by Gasteiger charge is -2.21. The average molecular weight is 1310 g/mol. The molecule has 0 aliphatic heterocycles. The molecule has 0 spiro atoms. The summed E-state index contributed by atoms with van der Waals surface area (Å²) in [5.41, 5.74) is 0. The lowest BCUT2D eigenvalue weighted by atomic mass is 9.99. The highest BCUT2D eigenvalue weighted by molar-refractivity contribution is 7.47. The minimum atomic E-state index is -4.95. The number of ether oxygens (including phenoxy) is 4. The molecule has 0 fully saturated rings. The van der Waals surface area contributed by atoms with Gasteiger partial charge in [-0.3, -0.25) is 37.3 Å². The van der Waals surface area contributed by atoms with E-state index in [0.29, 0.717) is 25.7 Å². The van der Waals surface area contributed by atoms with E-state index in [1.165, 1.54) is 161 Å². The van der Waals surface area contributed by atoms with Gasteiger partial charge in [-0.1, -0.05) is 311 Å². The van der Waals surface area contributed by atoms with E-state index in [1.54, 1.807) is 0 Å². The van der Waals surface area contributed by atoms with Crippen molar-refractivity contribution in [1.29, 1.82) is 0 Å². The predicted molar refractivity (Wildman–Crippen MR) is 358 cm³/mol. The van der Waals surface area contributed by atoms with Crippen LogP contribution in [0.4, 0.5) is 0 Å². The Hall–Kier alpha value is -1.94. The van der Waals surface area contributed by atoms with Gasteiger partial charge < -0.3 is 33.8 Å². The molecule has 3 unspecified atom stereocenters. The molecular weight excluding hydrogens is 1170 g/mol. The summed E-state index contributed by atoms with van der Waals surface area (Å²) in [5, 5.41) is 10.5. The minimum absolute atomic E-state index is 0.104. The number of aliphatic hydroxyl groups is 1. The fourth-order valence-electron chi connectivity index (χ4n) is 10.6. The van der Waals surface area contributed by atoms with Gasteiger partial charge in [-0.2, -0.15) is 0 Å². The van der Waals surface area contributed by atoms with E-state index in [0.717, 1.165) is 121 Å². The number of esters is 4. The predicted octanol–water partition coefficient (Wildman–Crippen LogP) is 20.1. The fraction of sp³-hybridized carbons (Fsp3) is 0.943. The van der Waals surface area contributed by atoms with Crippen LogP contribution in [0.2, 0.25) is 0 Å². The highest BCUT2D eigenvalue weighted by Gasteiger charge is 2.30. The molecule has 0 amide bonds. The molecule has 0 aromatic heterocycles. The van der Waals surface area contributed by atoms with E-state index < -0.39 is 97.5 Å². The van der Waals surface area contributed by atoms with E-state index in [9.17, 15) is 43.2 Å². The van der Waals surface area contributed by atoms with Crippen molar-refractivity contribution < 1.29 is 80.2 Å². The Morgan fingerprint density at radius 3 is 0.798 bits per heavy atom. The standard InChI is InChI=1S/C70H136O17P2/c1-6-10-13-16-19-20-21-22-23-24-25-29-32-35-40-44-49-54-68(73)81-60-66(87-70(75)56-51-46-41-36-33-30-27-26-28-31-34-39-42-47-52-63(5)9-4)62-85-89(78,79)83-58-64(71)57-82-88(76,77)84-61-65(86-69(74)55-50-45-38-18-15-12-8-3)59-80-67(72)53-48-43-37-17-14-11-7-2/h63-66,71H,6-62H2,1-5H3,(H,76,77)(H,78,79)/t63?,64-,65+,66+/m0/s1. The Bertz CT molecular complexity index is 1720. The highest BCUT2D eigenvalue weighted by atomic mass is 31.2. The van der Waals surface area contributed by atoms with Crippen LogP contribution in [-0.4, -0.2) is 96.7 Å². The molecule has 19 heteroatoms. The van der Waals surface area contributed by atoms with Gasteiger partial charge in [0.15, 0.2) is 12.2 Å². The number of hydrogen-bond donors (Lipinski definition) is 3. The molecule has 0 aromatic carbocycles. The molecule has 3 N–H and O–H groups in total. The van der Waals surface area contributed by atoms with Crippen molar-refractivity contribution in [3.63, 3.8) is 0 Å². The van der Waals surface area contributed by atoms with Gasteiger partial charge in [-0.25, -0.2) is 9.13 Å². The van der Waals surface area contributed by atoms with Crippen molar-refractivity contribution in [1.82, 2.24) is 0 Å². The quantitative estimate of drug-likeness (QED) is 0.0222. The van der Waals surface area contributed by atoms with Crippen molar-refractivity contribution >= 4 is 39.5 Å². The van der Waals surface area contributed by atoms with Crippen molar-refractivity contribution in [3.8, 4) is 0 Å². The second-order valence-electron chi connectivity index (χ2n) is 25.5. The molecule has 0 saturated heterocycles. The normalized spacial score (nSPS) is 14.4. The minimum Gasteiger partial charge on any atom is -0.462 e. The number of carbonyl (C=O) groups excluding carboxylic acids is 4. The molecule has 0 saturated carbocycles. The summed E-state index contributed by atoms with van der Waals surface area (Å²) in [6.07, 6.45) is 50.2. The molecule has 0 bridgehead atoms. The lowest BCUT2D eigenvalue weighted by molar-refractivity contribution is -0.161. The Balaban J connectivity index is 5.14. The van der Waals surface area contributed by atoms with Crippen LogP contribution in [0.3, 0.4) is 0 Å². The number of phosphoric acid groups is 2. The zero-order valence-corrected chi connectivity index (χ0v) is 59.4. The molecule has 528 valence electrons. The maximum atomic E-state index is 13.0. The molecule has 17 nitrogen and oxygen atoms in total. The number of aliphatic hydroxyl groups excluding tert-OH is 1. The Morgan fingerprint density at radius 1 is 0.315 bits per heavy atom. The van der Waals surface area contributed by atoms with Gasteiger partial charge in [0.2, 0.25) is 0 Å². The third-order valence-electron chi connectivity index (χ3n) is 16.6. The van der Waals surface area contributed by atoms with Gasteiger partial charge in [0.25, 0.3) is 0 Å². The van der Waals surface area contributed by atoms with E-state index in [4.69, 9.17) is 37.0 Å². The van der Waals surface area contributed by atoms with Gasteiger partial charge in [0, 0.05) is 25.7 Å². The largest absolute Gasteiger partial charge is 0.472 e. The van der Waals surface area contributed by atoms with E-state index in [2.05, 4.69) is 34.6 Å². The van der Waals surface area contributed by atoms with Crippen molar-refractivity contribution in [3.05, 3.63) is 0 Å². The molecule has 89 heavy (non-hydrogen) atoms. The van der Waals surface area contributed by atoms with Gasteiger partial charge in [0.1, 0.15) is 19.3 Å². The van der Waals surface area contributed by atoms with Crippen LogP contribution < -0.4 is 0 Å². The number of carbonyl (C=O) groups is 4. The Morgan fingerprint density at radius 2 is 0.539 bits per heavy atom. The Kier molecular flexibility index (Phi) is 62.1. The molecule has 0 heterocycles. The van der Waals surface area contributed by atoms with Crippen molar-refractivity contribution in [2.24, 2.45) is 5.92 Å². The first-order valence-electron chi connectivity index (χ1n) is 36.7. The summed E-state index contributed by atoms with van der Waals surface area (Å²) in [6.45, 7) is 7.22. The molecule has 0 aliphatic rings.